The van der Waals surface area contributed by atoms with E-state index in [2.05, 4.69) is 4.98 Å². The number of carbonyl (C=O) groups is 1. The number of carboxylic acid groups (broad SMARTS) is 1. The van der Waals surface area contributed by atoms with Crippen molar-refractivity contribution in [2.75, 3.05) is 0 Å². The van der Waals surface area contributed by atoms with Crippen LogP contribution < -0.4 is 0 Å². The van der Waals surface area contributed by atoms with Gasteiger partial charge in [0.05, 0.1) is 5.03 Å². The quantitative estimate of drug-likeness (QED) is 0.848. The van der Waals surface area contributed by atoms with Crippen LogP contribution in [0.15, 0.2) is 40.9 Å². The second-order valence-electron chi connectivity index (χ2n) is 3.04. The molecular weight excluding hydrogens is 242 g/mol. The molecule has 2 rings (SSSR count). The zero-order valence-corrected chi connectivity index (χ0v) is 9.92. The molecule has 0 fully saturated rings. The molecular formula is C11H9NO2S2. The van der Waals surface area contributed by atoms with E-state index in [4.69, 9.17) is 5.11 Å². The van der Waals surface area contributed by atoms with Gasteiger partial charge in [-0.3, -0.25) is 0 Å². The van der Waals surface area contributed by atoms with Crippen LogP contribution in [0.5, 0.6) is 0 Å². The Morgan fingerprint density at radius 1 is 1.44 bits per heavy atom. The molecule has 16 heavy (non-hydrogen) atoms. The summed E-state index contributed by atoms with van der Waals surface area (Å²) in [6.07, 6.45) is 1.73. The number of carboxylic acids is 1. The highest BCUT2D eigenvalue weighted by Crippen LogP contribution is 2.25. The van der Waals surface area contributed by atoms with E-state index in [1.54, 1.807) is 23.3 Å². The smallest absolute Gasteiger partial charge is 0.346 e. The zero-order valence-electron chi connectivity index (χ0n) is 8.29. The highest BCUT2D eigenvalue weighted by atomic mass is 32.2. The number of hydrogen-bond donors (Lipinski definition) is 1. The van der Waals surface area contributed by atoms with Crippen LogP contribution in [0.1, 0.15) is 15.2 Å². The van der Waals surface area contributed by atoms with Gasteiger partial charge in [-0.25, -0.2) is 9.78 Å². The van der Waals surface area contributed by atoms with Crippen molar-refractivity contribution in [3.05, 3.63) is 46.3 Å². The fourth-order valence-electron chi connectivity index (χ4n) is 1.22. The summed E-state index contributed by atoms with van der Waals surface area (Å²) >= 11 is 2.80. The number of thiophene rings is 1. The minimum absolute atomic E-state index is 0.420. The van der Waals surface area contributed by atoms with E-state index in [1.165, 1.54) is 11.3 Å². The van der Waals surface area contributed by atoms with Gasteiger partial charge in [-0.15, -0.1) is 23.1 Å². The molecule has 0 aliphatic carbocycles. The summed E-state index contributed by atoms with van der Waals surface area (Å²) < 4.78 is 0. The fraction of sp³-hybridized carbons (Fsp3) is 0.0909. The molecule has 82 valence electrons. The van der Waals surface area contributed by atoms with Gasteiger partial charge < -0.3 is 5.11 Å². The lowest BCUT2D eigenvalue weighted by Crippen LogP contribution is -1.96. The first-order chi connectivity index (χ1) is 7.77. The second-order valence-corrected chi connectivity index (χ2v) is 4.95. The van der Waals surface area contributed by atoms with Crippen LogP contribution in [-0.4, -0.2) is 16.1 Å². The van der Waals surface area contributed by atoms with Crippen LogP contribution in [0.4, 0.5) is 0 Å². The van der Waals surface area contributed by atoms with Gasteiger partial charge in [0.1, 0.15) is 4.88 Å². The average molecular weight is 251 g/mol. The Kier molecular flexibility index (Phi) is 3.58. The SMILES string of the molecule is O=C(O)c1sccc1CSc1ccccn1. The first kappa shape index (κ1) is 11.2. The minimum atomic E-state index is -0.855. The molecule has 2 aromatic rings. The van der Waals surface area contributed by atoms with Gasteiger partial charge in [-0.2, -0.15) is 0 Å². The van der Waals surface area contributed by atoms with Crippen LogP contribution in [0.3, 0.4) is 0 Å². The number of pyridine rings is 1. The molecule has 0 radical (unpaired) electrons. The fourth-order valence-corrected chi connectivity index (χ4v) is 2.93. The van der Waals surface area contributed by atoms with Crippen molar-refractivity contribution in [2.45, 2.75) is 10.8 Å². The summed E-state index contributed by atoms with van der Waals surface area (Å²) in [5.74, 6) is -0.214. The lowest BCUT2D eigenvalue weighted by molar-refractivity contribution is 0.0701. The van der Waals surface area contributed by atoms with Crippen molar-refractivity contribution >= 4 is 29.1 Å². The van der Waals surface area contributed by atoms with Crippen LogP contribution >= 0.6 is 23.1 Å². The predicted molar refractivity (Wildman–Crippen MR) is 65.1 cm³/mol. The van der Waals surface area contributed by atoms with Gasteiger partial charge >= 0.3 is 5.97 Å². The normalized spacial score (nSPS) is 10.2. The largest absolute Gasteiger partial charge is 0.477 e. The predicted octanol–water partition coefficient (Wildman–Crippen LogP) is 3.13. The molecule has 5 heteroatoms. The Morgan fingerprint density at radius 2 is 2.31 bits per heavy atom. The monoisotopic (exact) mass is 251 g/mol. The molecule has 2 aromatic heterocycles. The van der Waals surface area contributed by atoms with Crippen molar-refractivity contribution in [2.24, 2.45) is 0 Å². The molecule has 0 aliphatic rings. The van der Waals surface area contributed by atoms with Crippen molar-refractivity contribution < 1.29 is 9.90 Å². The number of nitrogens with zero attached hydrogens (tertiary/aromatic N) is 1. The number of aromatic carboxylic acids is 1. The summed E-state index contributed by atoms with van der Waals surface area (Å²) in [6.45, 7) is 0. The highest BCUT2D eigenvalue weighted by Gasteiger charge is 2.11. The first-order valence-corrected chi connectivity index (χ1v) is 6.47. The van der Waals surface area contributed by atoms with Crippen LogP contribution in [0.2, 0.25) is 0 Å². The van der Waals surface area contributed by atoms with Crippen LogP contribution in [0.25, 0.3) is 0 Å². The molecule has 2 heterocycles. The Labute approximate surface area is 101 Å². The molecule has 0 aliphatic heterocycles. The van der Waals surface area contributed by atoms with E-state index in [0.717, 1.165) is 10.6 Å². The molecule has 3 nitrogen and oxygen atoms in total. The number of aromatic nitrogens is 1. The highest BCUT2D eigenvalue weighted by molar-refractivity contribution is 7.98. The van der Waals surface area contributed by atoms with Crippen molar-refractivity contribution in [1.82, 2.24) is 4.98 Å². The van der Waals surface area contributed by atoms with Gasteiger partial charge in [-0.05, 0) is 29.1 Å². The van der Waals surface area contributed by atoms with Crippen molar-refractivity contribution in [3.8, 4) is 0 Å². The second kappa shape index (κ2) is 5.14. The van der Waals surface area contributed by atoms with Gasteiger partial charge in [0.2, 0.25) is 0 Å². The van der Waals surface area contributed by atoms with E-state index >= 15 is 0 Å². The maximum Gasteiger partial charge on any atom is 0.346 e. The molecule has 0 bridgehead atoms. The van der Waals surface area contributed by atoms with Gasteiger partial charge in [0.25, 0.3) is 0 Å². The third kappa shape index (κ3) is 2.62. The third-order valence-corrected chi connectivity index (χ3v) is 3.89. The van der Waals surface area contributed by atoms with Crippen molar-refractivity contribution in [3.63, 3.8) is 0 Å². The summed E-state index contributed by atoms with van der Waals surface area (Å²) in [6, 6.07) is 7.54. The molecule has 0 spiro atoms. The number of rotatable bonds is 4. The minimum Gasteiger partial charge on any atom is -0.477 e. The summed E-state index contributed by atoms with van der Waals surface area (Å²) in [5, 5.41) is 11.6. The van der Waals surface area contributed by atoms with Crippen LogP contribution in [0, 0.1) is 0 Å². The maximum absolute atomic E-state index is 10.9. The Balaban J connectivity index is 2.05. The lowest BCUT2D eigenvalue weighted by Gasteiger charge is -2.00. The summed E-state index contributed by atoms with van der Waals surface area (Å²) in [4.78, 5) is 15.5. The summed E-state index contributed by atoms with van der Waals surface area (Å²) in [5.41, 5.74) is 0.855. The zero-order chi connectivity index (χ0) is 11.4. The molecule has 0 unspecified atom stereocenters. The topological polar surface area (TPSA) is 50.2 Å². The molecule has 1 N–H and O–H groups in total. The third-order valence-electron chi connectivity index (χ3n) is 1.95. The number of hydrogen-bond acceptors (Lipinski definition) is 4. The molecule has 0 amide bonds. The molecule has 0 aromatic carbocycles. The van der Waals surface area contributed by atoms with Crippen molar-refractivity contribution in [1.29, 1.82) is 0 Å². The Bertz CT molecular complexity index is 482. The van der Waals surface area contributed by atoms with Gasteiger partial charge in [0, 0.05) is 11.9 Å². The molecule has 0 atom stereocenters. The standard InChI is InChI=1S/C11H9NO2S2/c13-11(14)10-8(4-6-15-10)7-16-9-3-1-2-5-12-9/h1-6H,7H2,(H,13,14). The van der Waals surface area contributed by atoms with E-state index in [1.807, 2.05) is 24.3 Å². The molecule has 0 saturated carbocycles. The van der Waals surface area contributed by atoms with E-state index in [9.17, 15) is 4.79 Å². The number of thioether (sulfide) groups is 1. The van der Waals surface area contributed by atoms with Gasteiger partial charge in [-0.1, -0.05) is 6.07 Å². The Morgan fingerprint density at radius 3 is 3.00 bits per heavy atom. The van der Waals surface area contributed by atoms with E-state index < -0.39 is 5.97 Å². The average Bonchev–Trinajstić information content (AvgIpc) is 2.76. The van der Waals surface area contributed by atoms with E-state index in [-0.39, 0.29) is 0 Å². The molecule has 0 saturated heterocycles. The van der Waals surface area contributed by atoms with Gasteiger partial charge in [0.15, 0.2) is 0 Å². The summed E-state index contributed by atoms with van der Waals surface area (Å²) in [7, 11) is 0. The first-order valence-electron chi connectivity index (χ1n) is 4.61. The van der Waals surface area contributed by atoms with E-state index in [0.29, 0.717) is 10.6 Å². The maximum atomic E-state index is 10.9. The Hall–Kier alpha value is -1.33. The van der Waals surface area contributed by atoms with Crippen LogP contribution in [-0.2, 0) is 5.75 Å². The lowest BCUT2D eigenvalue weighted by atomic mass is 10.3.